The van der Waals surface area contributed by atoms with Gasteiger partial charge in [0.05, 0.1) is 26.0 Å². The van der Waals surface area contributed by atoms with E-state index in [2.05, 4.69) is 15.3 Å². The second-order valence-corrected chi connectivity index (χ2v) is 9.96. The summed E-state index contributed by atoms with van der Waals surface area (Å²) >= 11 is 0. The molecule has 194 valence electrons. The maximum absolute atomic E-state index is 14.6. The Hall–Kier alpha value is -3.47. The summed E-state index contributed by atoms with van der Waals surface area (Å²) in [6, 6.07) is 4.15. The van der Waals surface area contributed by atoms with Gasteiger partial charge in [-0.15, -0.1) is 0 Å². The van der Waals surface area contributed by atoms with Gasteiger partial charge in [-0.3, -0.25) is 4.79 Å². The fourth-order valence-electron chi connectivity index (χ4n) is 4.37. The van der Waals surface area contributed by atoms with E-state index >= 15 is 0 Å². The minimum Gasteiger partial charge on any atom is -0.489 e. The van der Waals surface area contributed by atoms with Crippen molar-refractivity contribution in [2.24, 2.45) is 11.8 Å². The van der Waals surface area contributed by atoms with E-state index in [-0.39, 0.29) is 58.5 Å². The summed E-state index contributed by atoms with van der Waals surface area (Å²) in [5.74, 6) is -0.417. The number of carbonyl (C=O) groups is 2. The number of piperidine rings is 1. The predicted molar refractivity (Wildman–Crippen MR) is 128 cm³/mol. The van der Waals surface area contributed by atoms with Crippen LogP contribution in [0.4, 0.5) is 20.7 Å². The Morgan fingerprint density at radius 1 is 1.17 bits per heavy atom. The molecule has 2 aliphatic heterocycles. The van der Waals surface area contributed by atoms with Crippen molar-refractivity contribution in [3.8, 4) is 11.6 Å². The van der Waals surface area contributed by atoms with Gasteiger partial charge < -0.3 is 29.2 Å². The Morgan fingerprint density at radius 3 is 2.44 bits per heavy atom. The van der Waals surface area contributed by atoms with Gasteiger partial charge in [0.25, 0.3) is 5.88 Å². The number of nitrogens with one attached hydrogen (secondary N) is 1. The lowest BCUT2D eigenvalue weighted by atomic mass is 9.84. The second kappa shape index (κ2) is 10.3. The number of hydrogen-bond acceptors (Lipinski definition) is 9. The Kier molecular flexibility index (Phi) is 7.30. The molecule has 36 heavy (non-hydrogen) atoms. The zero-order valence-electron chi connectivity index (χ0n) is 21.0. The van der Waals surface area contributed by atoms with E-state index in [4.69, 9.17) is 18.9 Å². The first-order valence-electron chi connectivity index (χ1n) is 11.7. The van der Waals surface area contributed by atoms with Crippen LogP contribution in [0.2, 0.25) is 0 Å². The molecule has 4 rings (SSSR count). The molecule has 2 unspecified atom stereocenters. The number of nitrogens with zero attached hydrogens (tertiary/aromatic N) is 3. The summed E-state index contributed by atoms with van der Waals surface area (Å²) in [4.78, 5) is 34.3. The molecule has 2 aliphatic rings. The number of anilines is 2. The van der Waals surface area contributed by atoms with Crippen LogP contribution in [0.5, 0.6) is 11.6 Å². The number of ketones is 1. The number of amides is 1. The van der Waals surface area contributed by atoms with Crippen LogP contribution in [-0.4, -0.2) is 71.9 Å². The molecule has 2 atom stereocenters. The van der Waals surface area contributed by atoms with Gasteiger partial charge in [0.1, 0.15) is 23.8 Å². The van der Waals surface area contributed by atoms with Gasteiger partial charge in [-0.05, 0) is 45.9 Å². The van der Waals surface area contributed by atoms with Crippen molar-refractivity contribution >= 4 is 23.4 Å². The van der Waals surface area contributed by atoms with Crippen LogP contribution in [0.1, 0.15) is 38.1 Å². The van der Waals surface area contributed by atoms with Gasteiger partial charge in [-0.1, -0.05) is 0 Å². The topological polar surface area (TPSA) is 112 Å². The fourth-order valence-corrected chi connectivity index (χ4v) is 4.37. The molecule has 2 saturated heterocycles. The average molecular weight is 503 g/mol. The highest BCUT2D eigenvalue weighted by Gasteiger charge is 2.45. The van der Waals surface area contributed by atoms with Crippen LogP contribution in [0.25, 0.3) is 0 Å². The zero-order chi connectivity index (χ0) is 26.0. The molecule has 0 aliphatic carbocycles. The largest absolute Gasteiger partial charge is 0.489 e. The molecular weight excluding hydrogens is 471 g/mol. The minimum atomic E-state index is -0.605. The van der Waals surface area contributed by atoms with Crippen LogP contribution >= 0.6 is 0 Å². The molecule has 2 bridgehead atoms. The van der Waals surface area contributed by atoms with Crippen molar-refractivity contribution in [2.75, 3.05) is 38.7 Å². The van der Waals surface area contributed by atoms with Gasteiger partial charge >= 0.3 is 6.09 Å². The van der Waals surface area contributed by atoms with Crippen molar-refractivity contribution in [1.82, 2.24) is 14.9 Å². The molecule has 0 spiro atoms. The Bertz CT molecular complexity index is 1120. The van der Waals surface area contributed by atoms with Crippen molar-refractivity contribution in [2.45, 2.75) is 39.4 Å². The van der Waals surface area contributed by atoms with E-state index in [1.54, 1.807) is 4.90 Å². The summed E-state index contributed by atoms with van der Waals surface area (Å²) in [6.45, 7) is 8.56. The standard InChI is InChI=1S/C25H31FN4O6/c1-14(31)15-6-7-19(18(26)8-15)29-22-21(33-5)23(28-13-27-22)35-20-16-9-30(10-17(20)12-34-11-16)24(32)36-25(2,3)4/h6-8,13,16-17,20H,9-12H2,1-5H3,(H,27,28,29). The number of carbonyl (C=O) groups excluding carboxylic acids is 2. The Labute approximate surface area is 209 Å². The van der Waals surface area contributed by atoms with Gasteiger partial charge in [-0.2, -0.15) is 4.98 Å². The highest BCUT2D eigenvalue weighted by molar-refractivity contribution is 5.94. The number of halogens is 1. The minimum absolute atomic E-state index is 0.0994. The molecule has 2 aromatic rings. The third-order valence-corrected chi connectivity index (χ3v) is 6.01. The zero-order valence-corrected chi connectivity index (χ0v) is 21.0. The van der Waals surface area contributed by atoms with E-state index in [1.165, 1.54) is 32.5 Å². The number of ether oxygens (including phenoxy) is 4. The summed E-state index contributed by atoms with van der Waals surface area (Å²) < 4.78 is 37.7. The third kappa shape index (κ3) is 5.67. The van der Waals surface area contributed by atoms with Crippen LogP contribution in [0.15, 0.2) is 24.5 Å². The summed E-state index contributed by atoms with van der Waals surface area (Å²) in [5, 5.41) is 2.89. The van der Waals surface area contributed by atoms with Crippen molar-refractivity contribution in [1.29, 1.82) is 0 Å². The monoisotopic (exact) mass is 502 g/mol. The maximum atomic E-state index is 14.6. The summed E-state index contributed by atoms with van der Waals surface area (Å²) in [6.07, 6.45) is 0.659. The van der Waals surface area contributed by atoms with Crippen molar-refractivity contribution in [3.63, 3.8) is 0 Å². The van der Waals surface area contributed by atoms with Crippen LogP contribution < -0.4 is 14.8 Å². The van der Waals surface area contributed by atoms with Gasteiger partial charge in [-0.25, -0.2) is 14.2 Å². The highest BCUT2D eigenvalue weighted by atomic mass is 19.1. The van der Waals surface area contributed by atoms with Gasteiger partial charge in [0.15, 0.2) is 11.6 Å². The molecule has 1 aromatic carbocycles. The third-order valence-electron chi connectivity index (χ3n) is 6.01. The molecule has 1 N–H and O–H groups in total. The number of fused-ring (bicyclic) bond motifs is 2. The number of methoxy groups -OCH3 is 1. The van der Waals surface area contributed by atoms with E-state index in [0.717, 1.165) is 6.07 Å². The predicted octanol–water partition coefficient (Wildman–Crippen LogP) is 3.83. The fraction of sp³-hybridized carbons (Fsp3) is 0.520. The van der Waals surface area contributed by atoms with Crippen molar-refractivity contribution in [3.05, 3.63) is 35.9 Å². The van der Waals surface area contributed by atoms with E-state index < -0.39 is 11.4 Å². The molecule has 10 nitrogen and oxygen atoms in total. The molecule has 0 radical (unpaired) electrons. The second-order valence-electron chi connectivity index (χ2n) is 9.96. The average Bonchev–Trinajstić information content (AvgIpc) is 2.79. The number of rotatable bonds is 6. The van der Waals surface area contributed by atoms with Crippen molar-refractivity contribution < 1.29 is 32.9 Å². The molecule has 0 saturated carbocycles. The van der Waals surface area contributed by atoms with Crippen LogP contribution in [0.3, 0.4) is 0 Å². The Morgan fingerprint density at radius 2 is 1.86 bits per heavy atom. The molecule has 2 fully saturated rings. The van der Waals surface area contributed by atoms with Crippen LogP contribution in [-0.2, 0) is 9.47 Å². The van der Waals surface area contributed by atoms with Gasteiger partial charge in [0, 0.05) is 30.5 Å². The number of hydrogen-bond donors (Lipinski definition) is 1. The quantitative estimate of drug-likeness (QED) is 0.589. The lowest BCUT2D eigenvalue weighted by Gasteiger charge is -2.46. The number of benzene rings is 1. The van der Waals surface area contributed by atoms with E-state index in [9.17, 15) is 14.0 Å². The maximum Gasteiger partial charge on any atom is 0.410 e. The smallest absolute Gasteiger partial charge is 0.410 e. The van der Waals surface area contributed by atoms with Gasteiger partial charge in [0.2, 0.25) is 5.75 Å². The first-order valence-corrected chi connectivity index (χ1v) is 11.7. The molecule has 11 heteroatoms. The molecule has 3 heterocycles. The van der Waals surface area contributed by atoms with E-state index in [1.807, 2.05) is 20.8 Å². The number of aromatic nitrogens is 2. The number of likely N-dealkylation sites (tertiary alicyclic amines) is 1. The normalized spacial score (nSPS) is 21.5. The lowest BCUT2D eigenvalue weighted by molar-refractivity contribution is -0.113. The molecular formula is C25H31FN4O6. The Balaban J connectivity index is 1.52. The first kappa shape index (κ1) is 25.6. The highest BCUT2D eigenvalue weighted by Crippen LogP contribution is 2.38. The molecule has 1 aromatic heterocycles. The molecule has 1 amide bonds. The van der Waals surface area contributed by atoms with E-state index in [0.29, 0.717) is 26.3 Å². The summed E-state index contributed by atoms with van der Waals surface area (Å²) in [5.41, 5.74) is -0.193. The number of Topliss-reactive ketones (excluding diaryl/α,β-unsaturated/α-hetero) is 1. The lowest BCUT2D eigenvalue weighted by Crippen LogP contribution is -2.59. The SMILES string of the molecule is COc1c(Nc2ccc(C(C)=O)cc2F)ncnc1OC1C2COCC1CN(C(=O)OC(C)(C)C)C2. The summed E-state index contributed by atoms with van der Waals surface area (Å²) in [7, 11) is 1.45. The first-order chi connectivity index (χ1) is 17.1. The van der Waals surface area contributed by atoms with Crippen LogP contribution in [0, 0.1) is 17.7 Å².